The van der Waals surface area contributed by atoms with E-state index in [-0.39, 0.29) is 18.9 Å². The Kier molecular flexibility index (Phi) is 52.7. The van der Waals surface area contributed by atoms with Crippen molar-refractivity contribution in [3.8, 4) is 0 Å². The summed E-state index contributed by atoms with van der Waals surface area (Å²) in [7, 11) is 0. The molecule has 0 aromatic heterocycles. The van der Waals surface area contributed by atoms with Crippen LogP contribution in [0.25, 0.3) is 0 Å². The zero-order valence-electron chi connectivity index (χ0n) is 59.3. The van der Waals surface area contributed by atoms with Crippen LogP contribution in [0.1, 0.15) is 277 Å². The molecule has 558 valence electrons. The Labute approximate surface area is 578 Å². The Hall–Kier alpha value is -2.77. The van der Waals surface area contributed by atoms with Gasteiger partial charge in [0.25, 0.3) is 0 Å². The summed E-state index contributed by atoms with van der Waals surface area (Å²) in [5.74, 6) is -0.242. The van der Waals surface area contributed by atoms with Crippen LogP contribution in [-0.4, -0.2) is 193 Å². The van der Waals surface area contributed by atoms with Crippen molar-refractivity contribution in [3.05, 3.63) is 72.9 Å². The summed E-state index contributed by atoms with van der Waals surface area (Å²) in [4.78, 5) is 13.4. The van der Waals surface area contributed by atoms with E-state index in [4.69, 9.17) is 28.4 Å². The van der Waals surface area contributed by atoms with Gasteiger partial charge in [0.05, 0.1) is 38.6 Å². The van der Waals surface area contributed by atoms with Gasteiger partial charge in [-0.3, -0.25) is 4.79 Å². The van der Waals surface area contributed by atoms with Gasteiger partial charge in [-0.15, -0.1) is 0 Å². The van der Waals surface area contributed by atoms with Gasteiger partial charge >= 0.3 is 0 Å². The number of allylic oxidation sites excluding steroid dienone is 12. The molecule has 19 heteroatoms. The second-order valence-electron chi connectivity index (χ2n) is 27.1. The molecule has 0 bridgehead atoms. The second kappa shape index (κ2) is 57.8. The Morgan fingerprint density at radius 1 is 0.385 bits per heavy atom. The van der Waals surface area contributed by atoms with E-state index in [1.54, 1.807) is 0 Å². The molecule has 3 saturated heterocycles. The van der Waals surface area contributed by atoms with Crippen molar-refractivity contribution in [1.82, 2.24) is 5.32 Å². The fraction of sp³-hybridized carbons (Fsp3) is 0.831. The van der Waals surface area contributed by atoms with Gasteiger partial charge in [-0.05, 0) is 64.2 Å². The minimum Gasteiger partial charge on any atom is -0.394 e. The quantitative estimate of drug-likeness (QED) is 0.0199. The van der Waals surface area contributed by atoms with Gasteiger partial charge in [0.1, 0.15) is 73.2 Å². The third-order valence-corrected chi connectivity index (χ3v) is 18.8. The first-order chi connectivity index (χ1) is 46.8. The fourth-order valence-electron chi connectivity index (χ4n) is 12.7. The maximum Gasteiger partial charge on any atom is 0.220 e. The summed E-state index contributed by atoms with van der Waals surface area (Å²) in [5.41, 5.74) is 0. The lowest BCUT2D eigenvalue weighted by molar-refractivity contribution is -0.379. The molecule has 3 heterocycles. The molecule has 3 fully saturated rings. The van der Waals surface area contributed by atoms with Crippen LogP contribution in [0.2, 0.25) is 0 Å². The molecule has 0 aromatic rings. The van der Waals surface area contributed by atoms with Crippen LogP contribution in [0, 0.1) is 0 Å². The molecular weight excluding hydrogens is 1230 g/mol. The molecule has 1 amide bonds. The number of carbonyl (C=O) groups excluding carboxylic acids is 1. The topological polar surface area (TPSA) is 307 Å². The predicted molar refractivity (Wildman–Crippen MR) is 378 cm³/mol. The smallest absolute Gasteiger partial charge is 0.220 e. The number of aliphatic hydroxyl groups excluding tert-OH is 11. The lowest BCUT2D eigenvalue weighted by Crippen LogP contribution is -2.66. The lowest BCUT2D eigenvalue weighted by Gasteiger charge is -2.48. The number of hydrogen-bond donors (Lipinski definition) is 12. The van der Waals surface area contributed by atoms with Crippen LogP contribution in [0.15, 0.2) is 72.9 Å². The number of rotatable bonds is 59. The van der Waals surface area contributed by atoms with E-state index in [1.165, 1.54) is 161 Å². The van der Waals surface area contributed by atoms with E-state index in [1.807, 2.05) is 0 Å². The third-order valence-electron chi connectivity index (χ3n) is 18.8. The summed E-state index contributed by atoms with van der Waals surface area (Å²) in [6.45, 7) is 1.69. The fourth-order valence-corrected chi connectivity index (χ4v) is 12.7. The maximum atomic E-state index is 13.4. The highest BCUT2D eigenvalue weighted by atomic mass is 16.8. The molecule has 17 atom stereocenters. The van der Waals surface area contributed by atoms with Gasteiger partial charge in [-0.25, -0.2) is 0 Å². The largest absolute Gasteiger partial charge is 0.394 e. The van der Waals surface area contributed by atoms with Crippen molar-refractivity contribution >= 4 is 5.91 Å². The molecule has 12 N–H and O–H groups in total. The Morgan fingerprint density at radius 3 is 1.12 bits per heavy atom. The maximum absolute atomic E-state index is 13.4. The summed E-state index contributed by atoms with van der Waals surface area (Å²) >= 11 is 0. The van der Waals surface area contributed by atoms with Crippen LogP contribution in [-0.2, 0) is 33.2 Å². The van der Waals surface area contributed by atoms with Crippen molar-refractivity contribution in [3.63, 3.8) is 0 Å². The third kappa shape index (κ3) is 38.3. The van der Waals surface area contributed by atoms with Gasteiger partial charge in [0.2, 0.25) is 5.91 Å². The van der Waals surface area contributed by atoms with E-state index in [2.05, 4.69) is 92.1 Å². The summed E-state index contributed by atoms with van der Waals surface area (Å²) in [6.07, 6.45) is 47.1. The first-order valence-electron chi connectivity index (χ1n) is 38.2. The number of ether oxygens (including phenoxy) is 6. The van der Waals surface area contributed by atoms with Gasteiger partial charge in [-0.2, -0.15) is 0 Å². The van der Waals surface area contributed by atoms with E-state index in [0.717, 1.165) is 83.5 Å². The molecule has 0 saturated carbocycles. The molecular formula is C77H137NO18. The SMILES string of the molecule is CC/C=C\C/C=C\C/C=C\C/C=C\C/C=C\C/C=C\CCCCCCCCCCCCCCCCCCCCC(=O)NC(COC1OC(CO)C(OC2OC(CO)C(OC3OC(CO)C(O)C(O)C3O)C(O)C2O)C(O)C1O)C(O)CCCCCCCCCCCCCCCC. The van der Waals surface area contributed by atoms with Gasteiger partial charge < -0.3 is 89.9 Å². The molecule has 96 heavy (non-hydrogen) atoms. The normalized spacial score (nSPS) is 27.4. The second-order valence-corrected chi connectivity index (χ2v) is 27.1. The summed E-state index contributed by atoms with van der Waals surface area (Å²) < 4.78 is 34.4. The molecule has 0 aromatic carbocycles. The standard InChI is InChI=1S/C77H137NO18/c1-3-5-7-9-11-13-15-17-19-20-21-22-23-24-25-26-27-28-29-30-31-32-33-34-35-36-37-38-39-40-41-43-45-47-49-51-53-55-65(83)78-60(61(82)54-52-50-48-46-44-42-18-16-14-12-10-8-6-4-2)59-91-75-71(89)68(86)73(63(57-80)93-75)96-77-72(90)69(87)74(64(58-81)94-77)95-76-70(88)67(85)66(84)62(56-79)92-76/h5,7,11,13,17,19,21-22,24-25,27-28,60-64,66-77,79-82,84-90H,3-4,6,8-10,12,14-16,18,20,23,26,29-59H2,1-2H3,(H,78,83)/b7-5-,13-11-,19-17-,22-21-,25-24-,28-27-. The molecule has 0 spiro atoms. The van der Waals surface area contributed by atoms with E-state index in [0.29, 0.717) is 12.8 Å². The number of carbonyl (C=O) groups is 1. The van der Waals surface area contributed by atoms with Crippen LogP contribution in [0.5, 0.6) is 0 Å². The van der Waals surface area contributed by atoms with Crippen LogP contribution in [0.3, 0.4) is 0 Å². The Morgan fingerprint density at radius 2 is 0.719 bits per heavy atom. The molecule has 3 aliphatic heterocycles. The van der Waals surface area contributed by atoms with Gasteiger partial charge in [0, 0.05) is 6.42 Å². The van der Waals surface area contributed by atoms with Gasteiger partial charge in [0.15, 0.2) is 18.9 Å². The Bertz CT molecular complexity index is 2020. The minimum atomic E-state index is -1.97. The molecule has 0 aliphatic carbocycles. The first-order valence-corrected chi connectivity index (χ1v) is 38.2. The van der Waals surface area contributed by atoms with Crippen molar-refractivity contribution < 1.29 is 89.4 Å². The molecule has 3 aliphatic rings. The average Bonchev–Trinajstić information content (AvgIpc) is 0.787. The summed E-state index contributed by atoms with van der Waals surface area (Å²) in [5, 5.41) is 121. The van der Waals surface area contributed by atoms with Crippen molar-refractivity contribution in [2.24, 2.45) is 0 Å². The highest BCUT2D eigenvalue weighted by Crippen LogP contribution is 2.33. The minimum absolute atomic E-state index is 0.242. The number of unbranched alkanes of at least 4 members (excludes halogenated alkanes) is 31. The van der Waals surface area contributed by atoms with Crippen molar-refractivity contribution in [2.75, 3.05) is 26.4 Å². The van der Waals surface area contributed by atoms with E-state index in [9.17, 15) is 61.0 Å². The molecule has 0 radical (unpaired) electrons. The monoisotopic (exact) mass is 1360 g/mol. The zero-order chi connectivity index (χ0) is 69.6. The number of nitrogens with one attached hydrogen (secondary N) is 1. The lowest BCUT2D eigenvalue weighted by atomic mass is 9.96. The van der Waals surface area contributed by atoms with E-state index < -0.39 is 124 Å². The number of aliphatic hydroxyl groups is 11. The van der Waals surface area contributed by atoms with Crippen molar-refractivity contribution in [1.29, 1.82) is 0 Å². The van der Waals surface area contributed by atoms with Crippen molar-refractivity contribution in [2.45, 2.75) is 381 Å². The molecule has 3 rings (SSSR count). The number of amides is 1. The molecule has 19 nitrogen and oxygen atoms in total. The summed E-state index contributed by atoms with van der Waals surface area (Å²) in [6, 6.07) is -0.888. The van der Waals surface area contributed by atoms with Gasteiger partial charge in [-0.1, -0.05) is 279 Å². The Balaban J connectivity index is 1.31. The first kappa shape index (κ1) is 87.4. The van der Waals surface area contributed by atoms with E-state index >= 15 is 0 Å². The molecule has 17 unspecified atom stereocenters. The highest BCUT2D eigenvalue weighted by Gasteiger charge is 2.53. The number of hydrogen-bond acceptors (Lipinski definition) is 18. The van der Waals surface area contributed by atoms with Crippen LogP contribution >= 0.6 is 0 Å². The zero-order valence-corrected chi connectivity index (χ0v) is 59.3. The van der Waals surface area contributed by atoms with Crippen LogP contribution < -0.4 is 5.32 Å². The van der Waals surface area contributed by atoms with Crippen LogP contribution in [0.4, 0.5) is 0 Å². The highest BCUT2D eigenvalue weighted by molar-refractivity contribution is 5.76. The predicted octanol–water partition coefficient (Wildman–Crippen LogP) is 11.7. The average molecular weight is 1360 g/mol.